The van der Waals surface area contributed by atoms with Gasteiger partial charge in [-0.25, -0.2) is 8.78 Å². The Balaban J connectivity index is 1.90. The molecule has 4 heteroatoms. The Labute approximate surface area is 116 Å². The van der Waals surface area contributed by atoms with Crippen molar-refractivity contribution in [2.24, 2.45) is 0 Å². The predicted molar refractivity (Wildman–Crippen MR) is 73.4 cm³/mol. The van der Waals surface area contributed by atoms with Crippen molar-refractivity contribution in [2.75, 3.05) is 5.73 Å². The Morgan fingerprint density at radius 1 is 0.950 bits per heavy atom. The third-order valence-electron chi connectivity index (χ3n) is 3.80. The van der Waals surface area contributed by atoms with Crippen molar-refractivity contribution >= 4 is 5.69 Å². The highest BCUT2D eigenvalue weighted by molar-refractivity contribution is 5.42. The second-order valence-corrected chi connectivity index (χ2v) is 5.15. The van der Waals surface area contributed by atoms with E-state index in [1.54, 1.807) is 30.3 Å². The van der Waals surface area contributed by atoms with Gasteiger partial charge in [0.25, 0.3) is 0 Å². The first-order valence-corrected chi connectivity index (χ1v) is 6.59. The lowest BCUT2D eigenvalue weighted by molar-refractivity contribution is -0.0125. The molecule has 2 aromatic rings. The summed E-state index contributed by atoms with van der Waals surface area (Å²) in [4.78, 5) is 0. The average molecular weight is 275 g/mol. The van der Waals surface area contributed by atoms with E-state index >= 15 is 0 Å². The second kappa shape index (κ2) is 4.78. The molecule has 1 saturated carbocycles. The van der Waals surface area contributed by atoms with Crippen LogP contribution in [0, 0.1) is 11.6 Å². The number of hydrogen-bond donors (Lipinski definition) is 1. The van der Waals surface area contributed by atoms with Gasteiger partial charge in [-0.3, -0.25) is 0 Å². The summed E-state index contributed by atoms with van der Waals surface area (Å²) in [6.07, 6.45) is 2.60. The molecule has 0 saturated heterocycles. The molecule has 2 nitrogen and oxygen atoms in total. The van der Waals surface area contributed by atoms with Crippen molar-refractivity contribution < 1.29 is 13.5 Å². The van der Waals surface area contributed by atoms with Crippen LogP contribution in [-0.4, -0.2) is 0 Å². The Hall–Kier alpha value is -2.10. The van der Waals surface area contributed by atoms with Gasteiger partial charge < -0.3 is 10.5 Å². The minimum atomic E-state index is -0.838. The number of halogens is 2. The minimum absolute atomic E-state index is 0.551. The fourth-order valence-electron chi connectivity index (χ4n) is 2.49. The first kappa shape index (κ1) is 12.9. The summed E-state index contributed by atoms with van der Waals surface area (Å²) in [6, 6.07) is 11.1. The monoisotopic (exact) mass is 275 g/mol. The van der Waals surface area contributed by atoms with E-state index < -0.39 is 17.2 Å². The largest absolute Gasteiger partial charge is 0.483 e. The van der Waals surface area contributed by atoms with Crippen LogP contribution >= 0.6 is 0 Å². The van der Waals surface area contributed by atoms with Crippen LogP contribution in [0.3, 0.4) is 0 Å². The highest BCUT2D eigenvalue weighted by Crippen LogP contribution is 2.45. The molecule has 1 aliphatic carbocycles. The van der Waals surface area contributed by atoms with Gasteiger partial charge in [0.2, 0.25) is 0 Å². The second-order valence-electron chi connectivity index (χ2n) is 5.15. The molecule has 104 valence electrons. The average Bonchev–Trinajstić information content (AvgIpc) is 2.39. The van der Waals surface area contributed by atoms with Crippen molar-refractivity contribution in [1.82, 2.24) is 0 Å². The van der Waals surface area contributed by atoms with Gasteiger partial charge in [0, 0.05) is 5.69 Å². The van der Waals surface area contributed by atoms with Crippen molar-refractivity contribution in [2.45, 2.75) is 24.9 Å². The summed E-state index contributed by atoms with van der Waals surface area (Å²) in [5.41, 5.74) is 6.43. The van der Waals surface area contributed by atoms with Crippen molar-refractivity contribution in [3.8, 4) is 5.75 Å². The van der Waals surface area contributed by atoms with E-state index in [1.807, 2.05) is 0 Å². The van der Waals surface area contributed by atoms with E-state index in [0.717, 1.165) is 25.3 Å². The molecule has 2 N–H and O–H groups in total. The maximum atomic E-state index is 13.4. The quantitative estimate of drug-likeness (QED) is 0.859. The lowest BCUT2D eigenvalue weighted by Crippen LogP contribution is -2.40. The fraction of sp³-hybridized carbons (Fsp3) is 0.250. The zero-order valence-corrected chi connectivity index (χ0v) is 10.9. The highest BCUT2D eigenvalue weighted by atomic mass is 19.2. The van der Waals surface area contributed by atoms with Crippen LogP contribution in [-0.2, 0) is 5.60 Å². The molecule has 2 aromatic carbocycles. The molecule has 0 atom stereocenters. The van der Waals surface area contributed by atoms with Crippen molar-refractivity contribution in [3.05, 3.63) is 59.7 Å². The minimum Gasteiger partial charge on any atom is -0.483 e. The van der Waals surface area contributed by atoms with Crippen molar-refractivity contribution in [1.29, 1.82) is 0 Å². The summed E-state index contributed by atoms with van der Waals surface area (Å²) in [5, 5.41) is 0. The lowest BCUT2D eigenvalue weighted by Gasteiger charge is -2.42. The van der Waals surface area contributed by atoms with E-state index in [9.17, 15) is 8.78 Å². The summed E-state index contributed by atoms with van der Waals surface area (Å²) < 4.78 is 32.5. The van der Waals surface area contributed by atoms with Crippen LogP contribution in [0.15, 0.2) is 42.5 Å². The molecular formula is C16H15F2NO. The molecule has 0 unspecified atom stereocenters. The third kappa shape index (κ3) is 2.22. The van der Waals surface area contributed by atoms with Gasteiger partial charge in [0.1, 0.15) is 11.4 Å². The number of nitrogen functional groups attached to an aromatic ring is 1. The Bertz CT molecular complexity index is 621. The smallest absolute Gasteiger partial charge is 0.159 e. The van der Waals surface area contributed by atoms with Gasteiger partial charge in [-0.2, -0.15) is 0 Å². The Morgan fingerprint density at radius 3 is 2.20 bits per heavy atom. The van der Waals surface area contributed by atoms with E-state index in [1.165, 1.54) is 6.07 Å². The summed E-state index contributed by atoms with van der Waals surface area (Å²) >= 11 is 0. The Kier molecular flexibility index (Phi) is 3.08. The number of anilines is 1. The third-order valence-corrected chi connectivity index (χ3v) is 3.80. The first-order chi connectivity index (χ1) is 9.59. The predicted octanol–water partition coefficient (Wildman–Crippen LogP) is 4.01. The zero-order valence-electron chi connectivity index (χ0n) is 10.9. The summed E-state index contributed by atoms with van der Waals surface area (Å²) in [6.45, 7) is 0. The fourth-order valence-corrected chi connectivity index (χ4v) is 2.49. The maximum Gasteiger partial charge on any atom is 0.159 e. The molecule has 1 aliphatic rings. The Morgan fingerprint density at radius 2 is 1.65 bits per heavy atom. The number of benzene rings is 2. The molecule has 0 radical (unpaired) electrons. The van der Waals surface area contributed by atoms with Gasteiger partial charge >= 0.3 is 0 Å². The van der Waals surface area contributed by atoms with Gasteiger partial charge in [0.15, 0.2) is 11.6 Å². The van der Waals surface area contributed by atoms with E-state index in [-0.39, 0.29) is 0 Å². The molecule has 0 aliphatic heterocycles. The molecule has 0 heterocycles. The number of ether oxygens (including phenoxy) is 1. The highest BCUT2D eigenvalue weighted by Gasteiger charge is 2.41. The summed E-state index contributed by atoms with van der Waals surface area (Å²) in [5.74, 6) is -0.992. The van der Waals surface area contributed by atoms with E-state index in [0.29, 0.717) is 17.0 Å². The number of hydrogen-bond acceptors (Lipinski definition) is 2. The molecule has 1 fully saturated rings. The molecule has 0 spiro atoms. The molecule has 20 heavy (non-hydrogen) atoms. The molecular weight excluding hydrogens is 260 g/mol. The van der Waals surface area contributed by atoms with Crippen LogP contribution in [0.1, 0.15) is 24.8 Å². The molecule has 3 rings (SSSR count). The summed E-state index contributed by atoms with van der Waals surface area (Å²) in [7, 11) is 0. The van der Waals surface area contributed by atoms with Gasteiger partial charge in [-0.1, -0.05) is 6.07 Å². The standard InChI is InChI=1S/C16H15F2NO/c17-14-7-2-11(10-15(14)18)16(8-1-9-16)20-13-5-3-12(19)4-6-13/h2-7,10H,1,8-9,19H2. The maximum absolute atomic E-state index is 13.4. The SMILES string of the molecule is Nc1ccc(OC2(c3ccc(F)c(F)c3)CCC2)cc1. The van der Waals surface area contributed by atoms with E-state index in [2.05, 4.69) is 0 Å². The molecule has 0 amide bonds. The van der Waals surface area contributed by atoms with Crippen LogP contribution < -0.4 is 10.5 Å². The first-order valence-electron chi connectivity index (χ1n) is 6.59. The zero-order chi connectivity index (χ0) is 14.2. The van der Waals surface area contributed by atoms with Gasteiger partial charge in [-0.15, -0.1) is 0 Å². The molecule has 0 bridgehead atoms. The van der Waals surface area contributed by atoms with E-state index in [4.69, 9.17) is 10.5 Å². The lowest BCUT2D eigenvalue weighted by atomic mass is 9.74. The van der Waals surface area contributed by atoms with Crippen molar-refractivity contribution in [3.63, 3.8) is 0 Å². The van der Waals surface area contributed by atoms with Crippen LogP contribution in [0.2, 0.25) is 0 Å². The normalized spacial score (nSPS) is 16.5. The number of nitrogens with two attached hydrogens (primary N) is 1. The van der Waals surface area contributed by atoms with Crippen LogP contribution in [0.25, 0.3) is 0 Å². The van der Waals surface area contributed by atoms with Gasteiger partial charge in [0.05, 0.1) is 0 Å². The molecule has 0 aromatic heterocycles. The topological polar surface area (TPSA) is 35.2 Å². The van der Waals surface area contributed by atoms with Crippen LogP contribution in [0.5, 0.6) is 5.75 Å². The van der Waals surface area contributed by atoms with Crippen LogP contribution in [0.4, 0.5) is 14.5 Å². The van der Waals surface area contributed by atoms with Gasteiger partial charge in [-0.05, 0) is 61.2 Å². The number of rotatable bonds is 3.